The third-order valence-corrected chi connectivity index (χ3v) is 6.27. The van der Waals surface area contributed by atoms with Crippen molar-refractivity contribution >= 4 is 29.2 Å². The highest BCUT2D eigenvalue weighted by Crippen LogP contribution is 2.34. The molecule has 36 heavy (non-hydrogen) atoms. The number of aliphatic imine (C=N–C) groups is 1. The van der Waals surface area contributed by atoms with E-state index in [4.69, 9.17) is 16.3 Å². The van der Waals surface area contributed by atoms with Gasteiger partial charge in [-0.05, 0) is 65.8 Å². The minimum Gasteiger partial charge on any atom is -0.399 e. The molecule has 5 rings (SSSR count). The number of pyridine rings is 1. The first-order chi connectivity index (χ1) is 17.5. The molecule has 2 aliphatic rings. The predicted molar refractivity (Wildman–Crippen MR) is 140 cm³/mol. The Kier molecular flexibility index (Phi) is 6.79. The van der Waals surface area contributed by atoms with Crippen LogP contribution in [-0.2, 0) is 22.8 Å². The van der Waals surface area contributed by atoms with Gasteiger partial charge in [0.05, 0.1) is 18.8 Å². The van der Waals surface area contributed by atoms with Crippen LogP contribution in [0.2, 0.25) is 0 Å². The third-order valence-electron chi connectivity index (χ3n) is 6.27. The number of carbonyl (C=O) groups excluding carboxylic acids is 1. The van der Waals surface area contributed by atoms with Crippen molar-refractivity contribution in [2.24, 2.45) is 16.6 Å². The van der Waals surface area contributed by atoms with Gasteiger partial charge in [-0.3, -0.25) is 14.6 Å². The van der Waals surface area contributed by atoms with Crippen LogP contribution in [0.1, 0.15) is 36.0 Å². The monoisotopic (exact) mass is 483 g/mol. The van der Waals surface area contributed by atoms with Gasteiger partial charge < -0.3 is 16.6 Å². The summed E-state index contributed by atoms with van der Waals surface area (Å²) in [5.41, 5.74) is 18.2. The van der Waals surface area contributed by atoms with Crippen molar-refractivity contribution in [2.75, 3.05) is 12.3 Å². The van der Waals surface area contributed by atoms with Crippen molar-refractivity contribution in [1.82, 2.24) is 10.0 Å². The Hall–Kier alpha value is -4.01. The number of nitrogens with zero attached hydrogens (tertiary/aromatic N) is 3. The molecule has 1 fully saturated rings. The van der Waals surface area contributed by atoms with Crippen LogP contribution in [0.25, 0.3) is 17.2 Å². The fourth-order valence-corrected chi connectivity index (χ4v) is 4.16. The second-order valence-electron chi connectivity index (χ2n) is 9.29. The SMILES string of the molecule is NC1=Nc2cc(-c3cncc(CO)c3)ccc2C=C(C(=O)N(CC2CC2)OCc2cccc(N)c2)C1. The molecule has 1 saturated carbocycles. The molecule has 0 spiro atoms. The Bertz CT molecular complexity index is 1350. The number of aliphatic hydroxyl groups excluding tert-OH is 1. The zero-order chi connectivity index (χ0) is 25.1. The van der Waals surface area contributed by atoms with Gasteiger partial charge >= 0.3 is 0 Å². The van der Waals surface area contributed by atoms with Gasteiger partial charge in [0.1, 0.15) is 12.4 Å². The van der Waals surface area contributed by atoms with Gasteiger partial charge in [0.25, 0.3) is 5.91 Å². The molecular formula is C28H29N5O3. The van der Waals surface area contributed by atoms with Gasteiger partial charge in [0.15, 0.2) is 0 Å². The van der Waals surface area contributed by atoms with Gasteiger partial charge in [-0.2, -0.15) is 0 Å². The Morgan fingerprint density at radius 2 is 1.92 bits per heavy atom. The second kappa shape index (κ2) is 10.3. The van der Waals surface area contributed by atoms with Crippen LogP contribution in [0.4, 0.5) is 11.4 Å². The summed E-state index contributed by atoms with van der Waals surface area (Å²) in [6.45, 7) is 0.707. The van der Waals surface area contributed by atoms with Gasteiger partial charge in [-0.1, -0.05) is 24.3 Å². The van der Waals surface area contributed by atoms with Crippen LogP contribution < -0.4 is 11.5 Å². The highest BCUT2D eigenvalue weighted by Gasteiger charge is 2.30. The molecule has 2 aromatic carbocycles. The fraction of sp³-hybridized carbons (Fsp3) is 0.250. The molecule has 0 bridgehead atoms. The molecule has 0 atom stereocenters. The number of benzene rings is 2. The van der Waals surface area contributed by atoms with Crippen molar-refractivity contribution in [3.8, 4) is 11.1 Å². The summed E-state index contributed by atoms with van der Waals surface area (Å²) < 4.78 is 0. The summed E-state index contributed by atoms with van der Waals surface area (Å²) in [7, 11) is 0. The maximum atomic E-state index is 13.6. The number of fused-ring (bicyclic) bond motifs is 1. The van der Waals surface area contributed by atoms with Gasteiger partial charge in [0.2, 0.25) is 0 Å². The fourth-order valence-electron chi connectivity index (χ4n) is 4.16. The van der Waals surface area contributed by atoms with E-state index in [1.807, 2.05) is 54.6 Å². The lowest BCUT2D eigenvalue weighted by atomic mass is 10.0. The number of amidine groups is 1. The molecular weight excluding hydrogens is 454 g/mol. The van der Waals surface area contributed by atoms with Crippen LogP contribution >= 0.6 is 0 Å². The van der Waals surface area contributed by atoms with E-state index in [9.17, 15) is 9.90 Å². The van der Waals surface area contributed by atoms with E-state index in [0.717, 1.165) is 40.7 Å². The molecule has 2 heterocycles. The summed E-state index contributed by atoms with van der Waals surface area (Å²) in [5, 5.41) is 10.9. The molecule has 0 unspecified atom stereocenters. The first-order valence-electron chi connectivity index (χ1n) is 12.0. The average Bonchev–Trinajstić information content (AvgIpc) is 3.72. The van der Waals surface area contributed by atoms with E-state index < -0.39 is 0 Å². The Labute approximate surface area is 209 Å². The number of hydroxylamine groups is 2. The van der Waals surface area contributed by atoms with Crippen molar-refractivity contribution < 1.29 is 14.7 Å². The van der Waals surface area contributed by atoms with Crippen LogP contribution in [0.15, 0.2) is 71.5 Å². The number of nitrogens with two attached hydrogens (primary N) is 2. The van der Waals surface area contributed by atoms with Crippen molar-refractivity contribution in [1.29, 1.82) is 0 Å². The molecule has 184 valence electrons. The molecule has 1 aromatic heterocycles. The number of hydrogen-bond acceptors (Lipinski definition) is 7. The Morgan fingerprint density at radius 3 is 2.69 bits per heavy atom. The summed E-state index contributed by atoms with van der Waals surface area (Å²) >= 11 is 0. The summed E-state index contributed by atoms with van der Waals surface area (Å²) in [6.07, 6.45) is 7.62. The molecule has 8 heteroatoms. The van der Waals surface area contributed by atoms with E-state index in [-0.39, 0.29) is 25.5 Å². The molecule has 1 aliphatic carbocycles. The first-order valence-corrected chi connectivity index (χ1v) is 12.0. The minimum absolute atomic E-state index is 0.0812. The van der Waals surface area contributed by atoms with Crippen molar-refractivity contribution in [3.05, 3.63) is 83.2 Å². The Balaban J connectivity index is 1.40. The lowest BCUT2D eigenvalue weighted by molar-refractivity contribution is -0.188. The standard InChI is InChI=1S/C28H29N5O3/c29-25-3-1-2-19(9-25)17-36-33(15-18-4-5-18)28(35)23-10-22-7-6-21(11-26(22)32-27(30)12-23)24-8-20(16-34)13-31-14-24/h1-3,6-11,13-14,18,34H,4-5,12,15-17,29H2,(H2,30,32). The number of amides is 1. The average molecular weight is 484 g/mol. The summed E-state index contributed by atoms with van der Waals surface area (Å²) in [6, 6.07) is 15.1. The molecule has 0 radical (unpaired) electrons. The smallest absolute Gasteiger partial charge is 0.273 e. The van der Waals surface area contributed by atoms with Crippen LogP contribution in [0.3, 0.4) is 0 Å². The molecule has 5 N–H and O–H groups in total. The van der Waals surface area contributed by atoms with Crippen LogP contribution in [0.5, 0.6) is 0 Å². The topological polar surface area (TPSA) is 127 Å². The van der Waals surface area contributed by atoms with Gasteiger partial charge in [-0.25, -0.2) is 10.1 Å². The quantitative estimate of drug-likeness (QED) is 0.329. The van der Waals surface area contributed by atoms with Crippen LogP contribution in [0, 0.1) is 5.92 Å². The highest BCUT2D eigenvalue weighted by molar-refractivity contribution is 6.05. The zero-order valence-electron chi connectivity index (χ0n) is 19.9. The number of aliphatic hydroxyl groups is 1. The maximum absolute atomic E-state index is 13.6. The van der Waals surface area contributed by atoms with Crippen molar-refractivity contribution in [2.45, 2.75) is 32.5 Å². The van der Waals surface area contributed by atoms with E-state index >= 15 is 0 Å². The third kappa shape index (κ3) is 5.62. The van der Waals surface area contributed by atoms with E-state index in [2.05, 4.69) is 9.98 Å². The van der Waals surface area contributed by atoms with Gasteiger partial charge in [-0.15, -0.1) is 0 Å². The number of carbonyl (C=O) groups is 1. The number of hydrogen-bond donors (Lipinski definition) is 3. The number of aromatic nitrogens is 1. The molecule has 1 aliphatic heterocycles. The number of rotatable bonds is 8. The number of anilines is 1. The van der Waals surface area contributed by atoms with E-state index in [1.165, 1.54) is 5.06 Å². The van der Waals surface area contributed by atoms with E-state index in [0.29, 0.717) is 35.2 Å². The largest absolute Gasteiger partial charge is 0.399 e. The number of nitrogen functional groups attached to an aromatic ring is 1. The highest BCUT2D eigenvalue weighted by atomic mass is 16.7. The van der Waals surface area contributed by atoms with Crippen molar-refractivity contribution in [3.63, 3.8) is 0 Å². The predicted octanol–water partition coefficient (Wildman–Crippen LogP) is 3.97. The maximum Gasteiger partial charge on any atom is 0.273 e. The second-order valence-corrected chi connectivity index (χ2v) is 9.29. The summed E-state index contributed by atoms with van der Waals surface area (Å²) in [4.78, 5) is 28.4. The van der Waals surface area contributed by atoms with Crippen LogP contribution in [-0.4, -0.2) is 33.4 Å². The zero-order valence-corrected chi connectivity index (χ0v) is 19.9. The minimum atomic E-state index is -0.208. The normalized spacial score (nSPS) is 14.9. The Morgan fingerprint density at radius 1 is 1.06 bits per heavy atom. The lowest BCUT2D eigenvalue weighted by Crippen LogP contribution is -2.35. The molecule has 3 aromatic rings. The first kappa shape index (κ1) is 23.7. The molecule has 1 amide bonds. The van der Waals surface area contributed by atoms with Gasteiger partial charge in [0, 0.05) is 41.2 Å². The molecule has 8 nitrogen and oxygen atoms in total. The molecule has 0 saturated heterocycles. The van der Waals surface area contributed by atoms with E-state index in [1.54, 1.807) is 12.4 Å². The lowest BCUT2D eigenvalue weighted by Gasteiger charge is -2.23. The summed E-state index contributed by atoms with van der Waals surface area (Å²) in [5.74, 6) is 0.598.